The molecular formula is C38H22N4. The number of para-hydroxylation sites is 3. The summed E-state index contributed by atoms with van der Waals surface area (Å²) >= 11 is 0. The molecule has 0 saturated heterocycles. The number of fused-ring (bicyclic) bond motifs is 7. The van der Waals surface area contributed by atoms with E-state index in [1.807, 2.05) is 12.1 Å². The molecule has 194 valence electrons. The fraction of sp³-hybridized carbons (Fsp3) is 0. The van der Waals surface area contributed by atoms with Crippen molar-refractivity contribution in [2.24, 2.45) is 0 Å². The van der Waals surface area contributed by atoms with Gasteiger partial charge in [-0.25, -0.2) is 9.97 Å². The van der Waals surface area contributed by atoms with Crippen LogP contribution in [0.1, 0.15) is 0 Å². The zero-order chi connectivity index (χ0) is 27.4. The molecule has 4 heterocycles. The van der Waals surface area contributed by atoms with Crippen LogP contribution in [0.5, 0.6) is 0 Å². The van der Waals surface area contributed by atoms with Crippen LogP contribution in [-0.4, -0.2) is 18.9 Å². The average Bonchev–Trinajstić information content (AvgIpc) is 3.53. The normalized spacial score (nSPS) is 12.3. The Morgan fingerprint density at radius 1 is 0.452 bits per heavy atom. The summed E-state index contributed by atoms with van der Waals surface area (Å²) in [7, 11) is 0. The maximum Gasteiger partial charge on any atom is 0.165 e. The largest absolute Gasteiger partial charge is 0.309 e. The zero-order valence-electron chi connectivity index (χ0n) is 22.5. The van der Waals surface area contributed by atoms with Crippen LogP contribution < -0.4 is 0 Å². The van der Waals surface area contributed by atoms with Crippen LogP contribution in [-0.2, 0) is 0 Å². The standard InChI is InChI=1S/C38H22N4/c1-2-10-23(11-3-1)24-12-8-13-25(22-24)41-32-19-9-15-28-34(32)35-33(41)21-20-27-26-14-4-7-18-31(26)42(37(27)35)38-36(28)39-29-16-5-6-17-30(29)40-38/h1-22H. The molecule has 0 amide bonds. The van der Waals surface area contributed by atoms with E-state index in [4.69, 9.17) is 9.97 Å². The number of hydrogen-bond acceptors (Lipinski definition) is 2. The number of aromatic nitrogens is 4. The molecule has 42 heavy (non-hydrogen) atoms. The minimum Gasteiger partial charge on any atom is -0.309 e. The lowest BCUT2D eigenvalue weighted by Gasteiger charge is -2.11. The molecule has 0 radical (unpaired) electrons. The first-order chi connectivity index (χ1) is 20.8. The molecule has 10 aromatic rings. The maximum absolute atomic E-state index is 5.29. The quantitative estimate of drug-likeness (QED) is 0.221. The number of benzene rings is 6. The van der Waals surface area contributed by atoms with Crippen molar-refractivity contribution in [1.29, 1.82) is 0 Å². The van der Waals surface area contributed by atoms with Crippen LogP contribution in [0.25, 0.3) is 88.0 Å². The van der Waals surface area contributed by atoms with Crippen LogP contribution in [0.3, 0.4) is 0 Å². The molecule has 0 atom stereocenters. The van der Waals surface area contributed by atoms with E-state index >= 15 is 0 Å². The third-order valence-electron chi connectivity index (χ3n) is 8.82. The van der Waals surface area contributed by atoms with Gasteiger partial charge in [0.1, 0.15) is 5.52 Å². The molecule has 0 aliphatic rings. The molecule has 10 rings (SSSR count). The van der Waals surface area contributed by atoms with E-state index in [1.54, 1.807) is 0 Å². The van der Waals surface area contributed by atoms with E-state index in [9.17, 15) is 0 Å². The predicted octanol–water partition coefficient (Wildman–Crippen LogP) is 9.54. The van der Waals surface area contributed by atoms with Crippen molar-refractivity contribution in [2.75, 3.05) is 0 Å². The van der Waals surface area contributed by atoms with Crippen molar-refractivity contribution in [3.05, 3.63) is 133 Å². The molecule has 0 saturated carbocycles. The fourth-order valence-electron chi connectivity index (χ4n) is 7.08. The van der Waals surface area contributed by atoms with E-state index < -0.39 is 0 Å². The lowest BCUT2D eigenvalue weighted by molar-refractivity contribution is 1.18. The first kappa shape index (κ1) is 22.0. The Morgan fingerprint density at radius 3 is 2.05 bits per heavy atom. The van der Waals surface area contributed by atoms with Gasteiger partial charge in [-0.1, -0.05) is 91.0 Å². The van der Waals surface area contributed by atoms with E-state index in [2.05, 4.69) is 130 Å². The minimum absolute atomic E-state index is 0.883. The van der Waals surface area contributed by atoms with Gasteiger partial charge in [0.2, 0.25) is 0 Å². The highest BCUT2D eigenvalue weighted by molar-refractivity contribution is 6.32. The van der Waals surface area contributed by atoms with Gasteiger partial charge in [0.05, 0.1) is 33.1 Å². The molecule has 6 aromatic carbocycles. The second-order valence-electron chi connectivity index (χ2n) is 11.0. The van der Waals surface area contributed by atoms with E-state index in [0.717, 1.165) is 38.8 Å². The summed E-state index contributed by atoms with van der Waals surface area (Å²) in [5.41, 5.74) is 11.8. The lowest BCUT2D eigenvalue weighted by Crippen LogP contribution is -1.96. The summed E-state index contributed by atoms with van der Waals surface area (Å²) in [4.78, 5) is 10.6. The molecule has 4 heteroatoms. The summed E-state index contributed by atoms with van der Waals surface area (Å²) in [6.07, 6.45) is 0. The van der Waals surface area contributed by atoms with Crippen molar-refractivity contribution in [3.63, 3.8) is 0 Å². The zero-order valence-corrected chi connectivity index (χ0v) is 22.5. The summed E-state index contributed by atoms with van der Waals surface area (Å²) in [6.45, 7) is 0. The van der Waals surface area contributed by atoms with E-state index in [-0.39, 0.29) is 0 Å². The van der Waals surface area contributed by atoms with Gasteiger partial charge in [0.25, 0.3) is 0 Å². The highest BCUT2D eigenvalue weighted by Crippen LogP contribution is 2.45. The Kier molecular flexibility index (Phi) is 4.15. The van der Waals surface area contributed by atoms with Crippen LogP contribution in [0.2, 0.25) is 0 Å². The Labute approximate surface area is 240 Å². The molecule has 0 aliphatic heterocycles. The monoisotopic (exact) mass is 534 g/mol. The van der Waals surface area contributed by atoms with Gasteiger partial charge in [0.15, 0.2) is 5.65 Å². The smallest absolute Gasteiger partial charge is 0.165 e. The number of nitrogens with zero attached hydrogens (tertiary/aromatic N) is 4. The molecule has 0 unspecified atom stereocenters. The number of rotatable bonds is 2. The molecular weight excluding hydrogens is 512 g/mol. The molecule has 0 N–H and O–H groups in total. The Hall–Kier alpha value is -5.74. The lowest BCUT2D eigenvalue weighted by atomic mass is 10.1. The molecule has 4 nitrogen and oxygen atoms in total. The van der Waals surface area contributed by atoms with Crippen molar-refractivity contribution >= 4 is 71.2 Å². The Balaban J connectivity index is 1.47. The van der Waals surface area contributed by atoms with Gasteiger partial charge in [0, 0.05) is 32.6 Å². The fourth-order valence-corrected chi connectivity index (χ4v) is 7.08. The molecule has 0 spiro atoms. The maximum atomic E-state index is 5.29. The summed E-state index contributed by atoms with van der Waals surface area (Å²) in [5.74, 6) is 0. The topological polar surface area (TPSA) is 35.1 Å². The summed E-state index contributed by atoms with van der Waals surface area (Å²) < 4.78 is 4.77. The highest BCUT2D eigenvalue weighted by atomic mass is 15.0. The Bertz CT molecular complexity index is 2680. The van der Waals surface area contributed by atoms with Crippen LogP contribution >= 0.6 is 0 Å². The molecule has 0 bridgehead atoms. The second kappa shape index (κ2) is 7.93. The third-order valence-corrected chi connectivity index (χ3v) is 8.82. The Morgan fingerprint density at radius 2 is 1.14 bits per heavy atom. The highest BCUT2D eigenvalue weighted by Gasteiger charge is 2.24. The first-order valence-corrected chi connectivity index (χ1v) is 14.3. The van der Waals surface area contributed by atoms with Gasteiger partial charge >= 0.3 is 0 Å². The van der Waals surface area contributed by atoms with Gasteiger partial charge < -0.3 is 4.57 Å². The summed E-state index contributed by atoms with van der Waals surface area (Å²) in [6, 6.07) is 47.5. The minimum atomic E-state index is 0.883. The SMILES string of the molecule is c1ccc(-c2cccc(-n3c4cccc5c6nc7ccccc7nc6n6c7ccccc7c7ccc3c(c54)c76)c2)cc1. The molecule has 4 aromatic heterocycles. The van der Waals surface area contributed by atoms with E-state index in [1.165, 1.54) is 49.2 Å². The summed E-state index contributed by atoms with van der Waals surface area (Å²) in [5, 5.41) is 6.03. The predicted molar refractivity (Wildman–Crippen MR) is 174 cm³/mol. The van der Waals surface area contributed by atoms with Crippen molar-refractivity contribution < 1.29 is 0 Å². The average molecular weight is 535 g/mol. The van der Waals surface area contributed by atoms with Crippen molar-refractivity contribution in [1.82, 2.24) is 18.9 Å². The molecule has 0 aliphatic carbocycles. The molecule has 0 fully saturated rings. The third kappa shape index (κ3) is 2.76. The van der Waals surface area contributed by atoms with E-state index in [0.29, 0.717) is 0 Å². The second-order valence-corrected chi connectivity index (χ2v) is 11.0. The van der Waals surface area contributed by atoms with Crippen LogP contribution in [0, 0.1) is 0 Å². The van der Waals surface area contributed by atoms with Gasteiger partial charge in [-0.2, -0.15) is 0 Å². The first-order valence-electron chi connectivity index (χ1n) is 14.3. The van der Waals surface area contributed by atoms with Gasteiger partial charge in [-0.05, 0) is 53.6 Å². The number of hydrogen-bond donors (Lipinski definition) is 0. The van der Waals surface area contributed by atoms with Crippen molar-refractivity contribution in [2.45, 2.75) is 0 Å². The van der Waals surface area contributed by atoms with Crippen molar-refractivity contribution in [3.8, 4) is 16.8 Å². The van der Waals surface area contributed by atoms with Crippen LogP contribution in [0.4, 0.5) is 0 Å². The van der Waals surface area contributed by atoms with Crippen LogP contribution in [0.15, 0.2) is 133 Å². The van der Waals surface area contributed by atoms with Gasteiger partial charge in [-0.15, -0.1) is 0 Å². The van der Waals surface area contributed by atoms with Gasteiger partial charge in [-0.3, -0.25) is 4.40 Å².